The third-order valence-corrected chi connectivity index (χ3v) is 8.54. The van der Waals surface area contributed by atoms with Crippen LogP contribution in [0.25, 0.3) is 0 Å². The third kappa shape index (κ3) is 3.19. The Balaban J connectivity index is 1.53. The number of rotatable bonds is 4. The van der Waals surface area contributed by atoms with Gasteiger partial charge in [-0.1, -0.05) is 17.7 Å². The molecule has 2 aliphatic rings. The second-order valence-corrected chi connectivity index (χ2v) is 10.5. The van der Waals surface area contributed by atoms with Crippen LogP contribution in [0.3, 0.4) is 0 Å². The Bertz CT molecular complexity index is 982. The molecular formula is C19H23N3O3S2. The van der Waals surface area contributed by atoms with E-state index in [0.717, 1.165) is 29.1 Å². The van der Waals surface area contributed by atoms with Crippen LogP contribution in [0, 0.1) is 26.7 Å². The second-order valence-electron chi connectivity index (χ2n) is 7.43. The second kappa shape index (κ2) is 6.68. The molecule has 4 rings (SSSR count). The van der Waals surface area contributed by atoms with Gasteiger partial charge in [0.25, 0.3) is 5.91 Å². The highest BCUT2D eigenvalue weighted by molar-refractivity contribution is 7.89. The standard InChI is InChI=1S/C19H23N3O3S2/c1-11-4-6-15(7-5-11)27(24,25)22-9-8-14-10-16(17(14)22)21-19(23)18-12(2)20-13(3)26-18/h4-7,14,16-17H,8-10H2,1-3H3,(H,21,23)/t14-,16+,17-/m1/s1. The van der Waals surface area contributed by atoms with E-state index in [0.29, 0.717) is 22.2 Å². The Morgan fingerprint density at radius 2 is 1.93 bits per heavy atom. The van der Waals surface area contributed by atoms with Crippen molar-refractivity contribution in [2.24, 2.45) is 5.92 Å². The first kappa shape index (κ1) is 18.6. The van der Waals surface area contributed by atoms with E-state index in [4.69, 9.17) is 0 Å². The minimum absolute atomic E-state index is 0.146. The average Bonchev–Trinajstić information content (AvgIpc) is 3.12. The Morgan fingerprint density at radius 1 is 1.22 bits per heavy atom. The van der Waals surface area contributed by atoms with Gasteiger partial charge in [-0.3, -0.25) is 4.79 Å². The number of fused-ring (bicyclic) bond motifs is 1. The predicted molar refractivity (Wildman–Crippen MR) is 104 cm³/mol. The highest BCUT2D eigenvalue weighted by atomic mass is 32.2. The van der Waals surface area contributed by atoms with Crippen molar-refractivity contribution in [1.29, 1.82) is 0 Å². The summed E-state index contributed by atoms with van der Waals surface area (Å²) in [7, 11) is -3.55. The molecule has 0 unspecified atom stereocenters. The zero-order valence-corrected chi connectivity index (χ0v) is 17.2. The smallest absolute Gasteiger partial charge is 0.263 e. The monoisotopic (exact) mass is 405 g/mol. The first-order valence-electron chi connectivity index (χ1n) is 9.11. The first-order chi connectivity index (χ1) is 12.8. The Kier molecular flexibility index (Phi) is 4.60. The van der Waals surface area contributed by atoms with Crippen LogP contribution in [-0.4, -0.2) is 42.2 Å². The molecule has 0 bridgehead atoms. The summed E-state index contributed by atoms with van der Waals surface area (Å²) in [5.74, 6) is 0.168. The number of carbonyl (C=O) groups is 1. The lowest BCUT2D eigenvalue weighted by molar-refractivity contribution is 0.0822. The molecule has 8 heteroatoms. The molecule has 1 amide bonds. The van der Waals surface area contributed by atoms with Crippen LogP contribution < -0.4 is 5.32 Å². The number of aromatic nitrogens is 1. The molecule has 1 saturated carbocycles. The fraction of sp³-hybridized carbons (Fsp3) is 0.474. The van der Waals surface area contributed by atoms with E-state index in [1.54, 1.807) is 16.4 Å². The van der Waals surface area contributed by atoms with Gasteiger partial charge in [-0.15, -0.1) is 11.3 Å². The molecule has 1 aliphatic carbocycles. The summed E-state index contributed by atoms with van der Waals surface area (Å²) in [6.07, 6.45) is 1.67. The maximum Gasteiger partial charge on any atom is 0.263 e. The molecule has 1 aromatic heterocycles. The number of amides is 1. The van der Waals surface area contributed by atoms with Crippen LogP contribution in [0.4, 0.5) is 0 Å². The van der Waals surface area contributed by atoms with Gasteiger partial charge < -0.3 is 5.32 Å². The predicted octanol–water partition coefficient (Wildman–Crippen LogP) is 2.65. The molecule has 0 radical (unpaired) electrons. The zero-order chi connectivity index (χ0) is 19.3. The van der Waals surface area contributed by atoms with Gasteiger partial charge in [0.2, 0.25) is 10.0 Å². The topological polar surface area (TPSA) is 79.4 Å². The molecule has 6 nitrogen and oxygen atoms in total. The Hall–Kier alpha value is -1.77. The van der Waals surface area contributed by atoms with Gasteiger partial charge in [-0.25, -0.2) is 13.4 Å². The van der Waals surface area contributed by atoms with E-state index in [2.05, 4.69) is 10.3 Å². The molecule has 1 aliphatic heterocycles. The summed E-state index contributed by atoms with van der Waals surface area (Å²) >= 11 is 1.37. The fourth-order valence-corrected chi connectivity index (χ4v) is 6.71. The van der Waals surface area contributed by atoms with Crippen LogP contribution in [0.5, 0.6) is 0 Å². The number of hydrogen-bond acceptors (Lipinski definition) is 5. The molecule has 1 saturated heterocycles. The number of nitrogens with zero attached hydrogens (tertiary/aromatic N) is 2. The van der Waals surface area contributed by atoms with Gasteiger partial charge in [-0.2, -0.15) is 4.31 Å². The lowest BCUT2D eigenvalue weighted by atomic mass is 9.76. The van der Waals surface area contributed by atoms with Gasteiger partial charge >= 0.3 is 0 Å². The normalized spacial score (nSPS) is 25.1. The van der Waals surface area contributed by atoms with E-state index >= 15 is 0 Å². The van der Waals surface area contributed by atoms with Crippen molar-refractivity contribution in [3.63, 3.8) is 0 Å². The van der Waals surface area contributed by atoms with Gasteiger partial charge in [0.1, 0.15) is 4.88 Å². The van der Waals surface area contributed by atoms with Crippen molar-refractivity contribution in [1.82, 2.24) is 14.6 Å². The quantitative estimate of drug-likeness (QED) is 0.848. The fourth-order valence-electron chi connectivity index (χ4n) is 4.15. The van der Waals surface area contributed by atoms with Crippen LogP contribution in [-0.2, 0) is 10.0 Å². The Morgan fingerprint density at radius 3 is 2.56 bits per heavy atom. The van der Waals surface area contributed by atoms with E-state index in [9.17, 15) is 13.2 Å². The molecule has 3 atom stereocenters. The summed E-state index contributed by atoms with van der Waals surface area (Å²) in [5.41, 5.74) is 1.75. The van der Waals surface area contributed by atoms with E-state index in [-0.39, 0.29) is 18.0 Å². The van der Waals surface area contributed by atoms with Crippen molar-refractivity contribution < 1.29 is 13.2 Å². The maximum absolute atomic E-state index is 13.1. The SMILES string of the molecule is Cc1ccc(S(=O)(=O)N2CC[C@@H]3C[C@H](NC(=O)c4sc(C)nc4C)[C@@H]32)cc1. The van der Waals surface area contributed by atoms with Crippen molar-refractivity contribution in [3.8, 4) is 0 Å². The summed E-state index contributed by atoms with van der Waals surface area (Å²) in [6, 6.07) is 6.65. The van der Waals surface area contributed by atoms with E-state index in [1.165, 1.54) is 11.3 Å². The lowest BCUT2D eigenvalue weighted by Gasteiger charge is -2.43. The van der Waals surface area contributed by atoms with Crippen LogP contribution in [0.15, 0.2) is 29.2 Å². The van der Waals surface area contributed by atoms with Crippen LogP contribution in [0.1, 0.15) is 38.8 Å². The number of carbonyl (C=O) groups excluding carboxylic acids is 1. The van der Waals surface area contributed by atoms with Gasteiger partial charge in [0.05, 0.1) is 15.6 Å². The van der Waals surface area contributed by atoms with Gasteiger partial charge in [0.15, 0.2) is 0 Å². The maximum atomic E-state index is 13.1. The van der Waals surface area contributed by atoms with Crippen molar-refractivity contribution >= 4 is 27.3 Å². The number of benzene rings is 1. The molecule has 2 heterocycles. The van der Waals surface area contributed by atoms with Crippen molar-refractivity contribution in [2.45, 2.75) is 50.6 Å². The summed E-state index contributed by atoms with van der Waals surface area (Å²) in [6.45, 7) is 6.14. The number of aryl methyl sites for hydroxylation is 3. The summed E-state index contributed by atoms with van der Waals surface area (Å²) < 4.78 is 27.8. The molecule has 2 fully saturated rings. The highest BCUT2D eigenvalue weighted by Gasteiger charge is 2.53. The lowest BCUT2D eigenvalue weighted by Crippen LogP contribution is -2.60. The molecule has 2 aromatic rings. The number of sulfonamides is 1. The third-order valence-electron chi connectivity index (χ3n) is 5.56. The number of thiazole rings is 1. The highest BCUT2D eigenvalue weighted by Crippen LogP contribution is 2.43. The number of hydrogen-bond donors (Lipinski definition) is 1. The largest absolute Gasteiger partial charge is 0.347 e. The minimum atomic E-state index is -3.55. The van der Waals surface area contributed by atoms with Crippen molar-refractivity contribution in [2.75, 3.05) is 6.54 Å². The van der Waals surface area contributed by atoms with E-state index < -0.39 is 10.0 Å². The molecule has 0 spiro atoms. The minimum Gasteiger partial charge on any atom is -0.347 e. The molecule has 27 heavy (non-hydrogen) atoms. The van der Waals surface area contributed by atoms with E-state index in [1.807, 2.05) is 32.9 Å². The van der Waals surface area contributed by atoms with Crippen LogP contribution in [0.2, 0.25) is 0 Å². The van der Waals surface area contributed by atoms with Crippen LogP contribution >= 0.6 is 11.3 Å². The van der Waals surface area contributed by atoms with Gasteiger partial charge in [-0.05, 0) is 51.7 Å². The zero-order valence-electron chi connectivity index (χ0n) is 15.6. The molecule has 1 aromatic carbocycles. The molecule has 144 valence electrons. The molecule has 1 N–H and O–H groups in total. The summed E-state index contributed by atoms with van der Waals surface area (Å²) in [4.78, 5) is 17.9. The molecular weight excluding hydrogens is 382 g/mol. The Labute approximate surface area is 163 Å². The first-order valence-corrected chi connectivity index (χ1v) is 11.4. The summed E-state index contributed by atoms with van der Waals surface area (Å²) in [5, 5.41) is 3.90. The van der Waals surface area contributed by atoms with Gasteiger partial charge in [0, 0.05) is 18.6 Å². The average molecular weight is 406 g/mol. The number of nitrogens with one attached hydrogen (secondary N) is 1. The van der Waals surface area contributed by atoms with Crippen molar-refractivity contribution in [3.05, 3.63) is 45.4 Å².